The molecule has 2 aromatic carbocycles. The summed E-state index contributed by atoms with van der Waals surface area (Å²) in [5.74, 6) is -0.716. The van der Waals surface area contributed by atoms with Gasteiger partial charge in [-0.05, 0) is 36.2 Å². The summed E-state index contributed by atoms with van der Waals surface area (Å²) in [6.45, 7) is 0.921. The standard InChI is InChI=1S/C22H24O10/c1-9-6-14(31-22-20(29)19(28)18(27)15(8-23)32-22)21-16(17(9)26)12(25)7-13(30-21)10-2-4-11(24)5-3-10/h2-6,13,15,18-20,22-24,26-29H,7-8H2,1H3. The Hall–Kier alpha value is -2.89. The van der Waals surface area contributed by atoms with Gasteiger partial charge in [0.2, 0.25) is 6.29 Å². The van der Waals surface area contributed by atoms with Gasteiger partial charge in [-0.2, -0.15) is 0 Å². The SMILES string of the molecule is Cc1cc(OC2OC(CO)C(O)C(O)C2O)c2c(c1O)C(=O)CC(c1ccc(O)cc1)O2. The van der Waals surface area contributed by atoms with Gasteiger partial charge in [0.1, 0.15) is 47.6 Å². The second kappa shape index (κ2) is 8.57. The second-order valence-electron chi connectivity index (χ2n) is 7.88. The molecule has 2 aliphatic heterocycles. The molecule has 0 bridgehead atoms. The van der Waals surface area contributed by atoms with Crippen LogP contribution in [-0.4, -0.2) is 73.7 Å². The van der Waals surface area contributed by atoms with Crippen molar-refractivity contribution < 1.29 is 49.6 Å². The first kappa shape index (κ1) is 22.3. The number of phenols is 2. The molecule has 6 unspecified atom stereocenters. The van der Waals surface area contributed by atoms with Crippen molar-refractivity contribution in [3.8, 4) is 23.0 Å². The summed E-state index contributed by atoms with van der Waals surface area (Å²) >= 11 is 0. The molecular weight excluding hydrogens is 424 g/mol. The topological polar surface area (TPSA) is 166 Å². The molecule has 0 radical (unpaired) electrons. The summed E-state index contributed by atoms with van der Waals surface area (Å²) in [5, 5.41) is 59.6. The first-order chi connectivity index (χ1) is 15.2. The van der Waals surface area contributed by atoms with Crippen molar-refractivity contribution in [3.05, 3.63) is 47.0 Å². The Morgan fingerprint density at radius 3 is 2.41 bits per heavy atom. The van der Waals surface area contributed by atoms with Gasteiger partial charge >= 0.3 is 0 Å². The zero-order valence-corrected chi connectivity index (χ0v) is 17.1. The van der Waals surface area contributed by atoms with Crippen LogP contribution in [-0.2, 0) is 4.74 Å². The van der Waals surface area contributed by atoms with Gasteiger partial charge in [0.25, 0.3) is 0 Å². The summed E-state index contributed by atoms with van der Waals surface area (Å²) in [6.07, 6.45) is -8.33. The third-order valence-electron chi connectivity index (χ3n) is 5.67. The molecule has 0 saturated carbocycles. The van der Waals surface area contributed by atoms with Crippen LogP contribution in [0.1, 0.15) is 34.0 Å². The Morgan fingerprint density at radius 1 is 1.06 bits per heavy atom. The van der Waals surface area contributed by atoms with E-state index in [1.54, 1.807) is 19.1 Å². The van der Waals surface area contributed by atoms with Crippen LogP contribution in [0, 0.1) is 6.92 Å². The first-order valence-electron chi connectivity index (χ1n) is 10.0. The fraction of sp³-hybridized carbons (Fsp3) is 0.409. The van der Waals surface area contributed by atoms with Crippen molar-refractivity contribution >= 4 is 5.78 Å². The quantitative estimate of drug-likeness (QED) is 0.383. The normalized spacial score (nSPS) is 29.8. The third-order valence-corrected chi connectivity index (χ3v) is 5.67. The molecule has 2 aliphatic rings. The van der Waals surface area contributed by atoms with E-state index in [0.717, 1.165) is 0 Å². The van der Waals surface area contributed by atoms with Crippen molar-refractivity contribution in [2.24, 2.45) is 0 Å². The highest BCUT2D eigenvalue weighted by molar-refractivity contribution is 6.03. The molecule has 32 heavy (non-hydrogen) atoms. The number of phenolic OH excluding ortho intramolecular Hbond substituents is 2. The molecule has 172 valence electrons. The van der Waals surface area contributed by atoms with Gasteiger partial charge in [0.15, 0.2) is 17.3 Å². The lowest BCUT2D eigenvalue weighted by atomic mass is 9.93. The van der Waals surface area contributed by atoms with Gasteiger partial charge in [-0.25, -0.2) is 0 Å². The molecule has 0 spiro atoms. The van der Waals surface area contributed by atoms with Crippen LogP contribution in [0.4, 0.5) is 0 Å². The van der Waals surface area contributed by atoms with Gasteiger partial charge in [0.05, 0.1) is 13.0 Å². The summed E-state index contributed by atoms with van der Waals surface area (Å²) in [4.78, 5) is 12.9. The first-order valence-corrected chi connectivity index (χ1v) is 10.0. The summed E-state index contributed by atoms with van der Waals surface area (Å²) in [7, 11) is 0. The number of carbonyl (C=O) groups excluding carboxylic acids is 1. The van der Waals surface area contributed by atoms with E-state index in [1.807, 2.05) is 0 Å². The Bertz CT molecular complexity index is 1000. The van der Waals surface area contributed by atoms with Gasteiger partial charge in [-0.15, -0.1) is 0 Å². The molecule has 4 rings (SSSR count). The fourth-order valence-corrected chi connectivity index (χ4v) is 3.84. The number of fused-ring (bicyclic) bond motifs is 1. The van der Waals surface area contributed by atoms with Crippen molar-refractivity contribution in [2.45, 2.75) is 50.2 Å². The summed E-state index contributed by atoms with van der Waals surface area (Å²) in [6, 6.07) is 7.50. The van der Waals surface area contributed by atoms with Crippen LogP contribution in [0.2, 0.25) is 0 Å². The molecular formula is C22H24O10. The molecule has 6 atom stereocenters. The highest BCUT2D eigenvalue weighted by Crippen LogP contribution is 2.47. The maximum atomic E-state index is 12.9. The van der Waals surface area contributed by atoms with Crippen molar-refractivity contribution in [3.63, 3.8) is 0 Å². The molecule has 0 aromatic heterocycles. The molecule has 10 heteroatoms. The molecule has 2 heterocycles. The monoisotopic (exact) mass is 448 g/mol. The van der Waals surface area contributed by atoms with Crippen molar-refractivity contribution in [1.82, 2.24) is 0 Å². The number of aromatic hydroxyl groups is 2. The Morgan fingerprint density at radius 2 is 1.75 bits per heavy atom. The lowest BCUT2D eigenvalue weighted by Crippen LogP contribution is -2.60. The number of carbonyl (C=O) groups is 1. The largest absolute Gasteiger partial charge is 0.508 e. The summed E-state index contributed by atoms with van der Waals surface area (Å²) in [5.41, 5.74) is 0.837. The minimum atomic E-state index is -1.66. The van der Waals surface area contributed by atoms with Crippen LogP contribution >= 0.6 is 0 Å². The minimum absolute atomic E-state index is 0.0311. The minimum Gasteiger partial charge on any atom is -0.508 e. The number of aliphatic hydroxyl groups is 4. The van der Waals surface area contributed by atoms with E-state index < -0.39 is 49.2 Å². The third kappa shape index (κ3) is 3.87. The zero-order valence-electron chi connectivity index (χ0n) is 17.1. The van der Waals surface area contributed by atoms with E-state index in [0.29, 0.717) is 11.1 Å². The number of ketones is 1. The van der Waals surface area contributed by atoms with Crippen molar-refractivity contribution in [2.75, 3.05) is 6.61 Å². The number of hydrogen-bond donors (Lipinski definition) is 6. The fourth-order valence-electron chi connectivity index (χ4n) is 3.84. The average Bonchev–Trinajstić information content (AvgIpc) is 2.77. The molecule has 0 aliphatic carbocycles. The molecule has 0 amide bonds. The molecule has 1 fully saturated rings. The summed E-state index contributed by atoms with van der Waals surface area (Å²) < 4.78 is 17.1. The highest BCUT2D eigenvalue weighted by Gasteiger charge is 2.45. The number of hydrogen-bond acceptors (Lipinski definition) is 10. The number of benzene rings is 2. The maximum absolute atomic E-state index is 12.9. The average molecular weight is 448 g/mol. The lowest BCUT2D eigenvalue weighted by molar-refractivity contribution is -0.277. The van der Waals surface area contributed by atoms with Crippen LogP contribution in [0.3, 0.4) is 0 Å². The van der Waals surface area contributed by atoms with Crippen LogP contribution in [0.5, 0.6) is 23.0 Å². The van der Waals surface area contributed by atoms with Gasteiger partial charge in [-0.3, -0.25) is 4.79 Å². The van der Waals surface area contributed by atoms with E-state index >= 15 is 0 Å². The predicted molar refractivity (Wildman–Crippen MR) is 108 cm³/mol. The Labute approximate surface area is 182 Å². The number of aliphatic hydroxyl groups excluding tert-OH is 4. The van der Waals surface area contributed by atoms with Gasteiger partial charge in [-0.1, -0.05) is 12.1 Å². The molecule has 6 N–H and O–H groups in total. The van der Waals surface area contributed by atoms with E-state index in [4.69, 9.17) is 14.2 Å². The Kier molecular flexibility index (Phi) is 5.97. The predicted octanol–water partition coefficient (Wildman–Crippen LogP) is 0.291. The van der Waals surface area contributed by atoms with E-state index in [1.165, 1.54) is 18.2 Å². The van der Waals surface area contributed by atoms with Crippen LogP contribution in [0.25, 0.3) is 0 Å². The van der Waals surface area contributed by atoms with Crippen LogP contribution < -0.4 is 9.47 Å². The number of rotatable bonds is 4. The Balaban J connectivity index is 1.70. The smallest absolute Gasteiger partial charge is 0.229 e. The van der Waals surface area contributed by atoms with Crippen LogP contribution in [0.15, 0.2) is 30.3 Å². The number of aryl methyl sites for hydroxylation is 1. The molecule has 1 saturated heterocycles. The van der Waals surface area contributed by atoms with E-state index in [-0.39, 0.29) is 35.0 Å². The highest BCUT2D eigenvalue weighted by atomic mass is 16.7. The second-order valence-corrected chi connectivity index (χ2v) is 7.88. The molecule has 2 aromatic rings. The number of Topliss-reactive ketones (excluding diaryl/α,β-unsaturated/α-hetero) is 1. The van der Waals surface area contributed by atoms with E-state index in [9.17, 15) is 35.4 Å². The maximum Gasteiger partial charge on any atom is 0.229 e. The van der Waals surface area contributed by atoms with Gasteiger partial charge < -0.3 is 44.8 Å². The van der Waals surface area contributed by atoms with Gasteiger partial charge in [0, 0.05) is 0 Å². The lowest BCUT2D eigenvalue weighted by Gasteiger charge is -2.40. The number of ether oxygens (including phenoxy) is 3. The zero-order chi connectivity index (χ0) is 23.2. The molecule has 10 nitrogen and oxygen atoms in total. The van der Waals surface area contributed by atoms with Crippen molar-refractivity contribution in [1.29, 1.82) is 0 Å². The van der Waals surface area contributed by atoms with E-state index in [2.05, 4.69) is 0 Å².